The number of hydrogen-bond donors (Lipinski definition) is 0. The van der Waals surface area contributed by atoms with E-state index in [2.05, 4.69) is 59.7 Å². The van der Waals surface area contributed by atoms with Crippen molar-refractivity contribution in [1.29, 1.82) is 0 Å². The van der Waals surface area contributed by atoms with Gasteiger partial charge in [0, 0.05) is 0 Å². The molecular formula is C19H31B. The number of hydrogen-bond acceptors (Lipinski definition) is 0. The second-order valence-electron chi connectivity index (χ2n) is 8.54. The number of benzene rings is 1. The van der Waals surface area contributed by atoms with E-state index < -0.39 is 0 Å². The van der Waals surface area contributed by atoms with Crippen LogP contribution >= 0.6 is 0 Å². The Morgan fingerprint density at radius 3 is 2.30 bits per heavy atom. The lowest BCUT2D eigenvalue weighted by atomic mass is 9.52. The summed E-state index contributed by atoms with van der Waals surface area (Å²) in [5.74, 6) is 0.983. The lowest BCUT2D eigenvalue weighted by Gasteiger charge is -2.39. The van der Waals surface area contributed by atoms with Crippen molar-refractivity contribution in [2.45, 2.75) is 67.1 Å². The van der Waals surface area contributed by atoms with Gasteiger partial charge in [-0.3, -0.25) is 0 Å². The zero-order chi connectivity index (χ0) is 15.0. The van der Waals surface area contributed by atoms with Crippen molar-refractivity contribution in [1.82, 2.24) is 0 Å². The van der Waals surface area contributed by atoms with Gasteiger partial charge in [-0.1, -0.05) is 70.2 Å². The number of rotatable bonds is 5. The summed E-state index contributed by atoms with van der Waals surface area (Å²) in [5, 5.41) is 0. The summed E-state index contributed by atoms with van der Waals surface area (Å²) in [6.45, 7) is 14.2. The van der Waals surface area contributed by atoms with Gasteiger partial charge < -0.3 is 0 Å². The highest BCUT2D eigenvalue weighted by molar-refractivity contribution is 6.54. The van der Waals surface area contributed by atoms with E-state index >= 15 is 0 Å². The Morgan fingerprint density at radius 2 is 1.75 bits per heavy atom. The molecule has 1 aromatic carbocycles. The Bertz CT molecular complexity index is 461. The maximum atomic E-state index is 2.48. The average molecular weight is 270 g/mol. The molecule has 0 aromatic heterocycles. The summed E-state index contributed by atoms with van der Waals surface area (Å²) in [4.78, 5) is 0. The van der Waals surface area contributed by atoms with E-state index in [1.54, 1.807) is 11.0 Å². The van der Waals surface area contributed by atoms with Crippen molar-refractivity contribution in [3.63, 3.8) is 0 Å². The van der Waals surface area contributed by atoms with Crippen molar-refractivity contribution >= 4 is 12.7 Å². The van der Waals surface area contributed by atoms with Crippen LogP contribution in [-0.4, -0.2) is 7.28 Å². The van der Waals surface area contributed by atoms with Crippen LogP contribution in [0.3, 0.4) is 0 Å². The van der Waals surface area contributed by atoms with Gasteiger partial charge in [0.05, 0.1) is 0 Å². The van der Waals surface area contributed by atoms with E-state index in [9.17, 15) is 0 Å². The Hall–Kier alpha value is -0.715. The van der Waals surface area contributed by atoms with Gasteiger partial charge in [-0.05, 0) is 48.5 Å². The van der Waals surface area contributed by atoms with Gasteiger partial charge in [0.1, 0.15) is 0 Å². The number of aryl methyl sites for hydroxylation is 1. The van der Waals surface area contributed by atoms with Crippen molar-refractivity contribution in [2.24, 2.45) is 16.7 Å². The smallest absolute Gasteiger partial charge is 0.0814 e. The van der Waals surface area contributed by atoms with Crippen LogP contribution in [0.4, 0.5) is 0 Å². The molecule has 0 atom stereocenters. The maximum absolute atomic E-state index is 2.48. The van der Waals surface area contributed by atoms with Crippen LogP contribution in [0.15, 0.2) is 18.2 Å². The molecule has 0 unspecified atom stereocenters. The second-order valence-corrected chi connectivity index (χ2v) is 8.54. The molecule has 1 aromatic rings. The van der Waals surface area contributed by atoms with Crippen LogP contribution in [-0.2, 0) is 6.42 Å². The standard InChI is InChI=1S/C19H31B/c1-14-7-8-16(11-15-9-10-15)12-17(14)20-13-19(5,6)18(2,3)4/h7-8,12,15,20H,9-11,13H2,1-6H3. The van der Waals surface area contributed by atoms with Crippen molar-refractivity contribution in [2.75, 3.05) is 0 Å². The van der Waals surface area contributed by atoms with E-state index in [-0.39, 0.29) is 0 Å². The molecule has 0 amide bonds. The third-order valence-corrected chi connectivity index (χ3v) is 5.68. The van der Waals surface area contributed by atoms with Gasteiger partial charge in [-0.25, -0.2) is 0 Å². The predicted octanol–water partition coefficient (Wildman–Crippen LogP) is 4.50. The van der Waals surface area contributed by atoms with Crippen LogP contribution in [0, 0.1) is 23.7 Å². The molecule has 0 spiro atoms. The molecule has 0 N–H and O–H groups in total. The molecular weight excluding hydrogens is 239 g/mol. The molecule has 1 aliphatic rings. The summed E-state index contributed by atoms with van der Waals surface area (Å²) in [6.07, 6.45) is 5.46. The Morgan fingerprint density at radius 1 is 1.10 bits per heavy atom. The molecule has 0 heterocycles. The van der Waals surface area contributed by atoms with E-state index in [0.717, 1.165) is 5.92 Å². The molecule has 0 bridgehead atoms. The normalized spacial score (nSPS) is 16.3. The summed E-state index contributed by atoms with van der Waals surface area (Å²) in [6, 6.07) is 7.15. The molecule has 0 radical (unpaired) electrons. The lowest BCUT2D eigenvalue weighted by molar-refractivity contribution is 0.157. The Balaban J connectivity index is 2.04. The highest BCUT2D eigenvalue weighted by atomic mass is 14.3. The van der Waals surface area contributed by atoms with Gasteiger partial charge in [-0.15, -0.1) is 0 Å². The SMILES string of the molecule is Cc1ccc(CC2CC2)cc1BCC(C)(C)C(C)(C)C. The van der Waals surface area contributed by atoms with Gasteiger partial charge in [0.25, 0.3) is 0 Å². The highest BCUT2D eigenvalue weighted by Gasteiger charge is 2.32. The minimum atomic E-state index is 0.368. The Kier molecular flexibility index (Phi) is 4.37. The third kappa shape index (κ3) is 3.90. The van der Waals surface area contributed by atoms with E-state index in [4.69, 9.17) is 0 Å². The third-order valence-electron chi connectivity index (χ3n) is 5.68. The van der Waals surface area contributed by atoms with Crippen LogP contribution in [0.25, 0.3) is 0 Å². The fraction of sp³-hybridized carbons (Fsp3) is 0.684. The van der Waals surface area contributed by atoms with Crippen LogP contribution in [0.2, 0.25) is 6.32 Å². The monoisotopic (exact) mass is 270 g/mol. The average Bonchev–Trinajstić information content (AvgIpc) is 3.12. The molecule has 20 heavy (non-hydrogen) atoms. The summed E-state index contributed by atoms with van der Waals surface area (Å²) < 4.78 is 0. The van der Waals surface area contributed by atoms with Crippen LogP contribution in [0.1, 0.15) is 58.6 Å². The van der Waals surface area contributed by atoms with E-state index in [0.29, 0.717) is 10.8 Å². The fourth-order valence-electron chi connectivity index (χ4n) is 2.60. The van der Waals surface area contributed by atoms with Crippen molar-refractivity contribution < 1.29 is 0 Å². The summed E-state index contributed by atoms with van der Waals surface area (Å²) >= 11 is 0. The minimum absolute atomic E-state index is 0.368. The first-order valence-corrected chi connectivity index (χ1v) is 8.27. The second kappa shape index (κ2) is 5.58. The first kappa shape index (κ1) is 15.7. The molecule has 1 aliphatic carbocycles. The lowest BCUT2D eigenvalue weighted by Crippen LogP contribution is -2.33. The molecule has 0 aliphatic heterocycles. The largest absolute Gasteiger partial charge is 0.158 e. The first-order valence-electron chi connectivity index (χ1n) is 8.27. The van der Waals surface area contributed by atoms with Gasteiger partial charge in [-0.2, -0.15) is 0 Å². The molecule has 110 valence electrons. The van der Waals surface area contributed by atoms with E-state index in [1.165, 1.54) is 38.4 Å². The molecule has 1 saturated carbocycles. The molecule has 1 fully saturated rings. The quantitative estimate of drug-likeness (QED) is 0.691. The van der Waals surface area contributed by atoms with Gasteiger partial charge >= 0.3 is 0 Å². The topological polar surface area (TPSA) is 0 Å². The molecule has 2 rings (SSSR count). The van der Waals surface area contributed by atoms with Crippen molar-refractivity contribution in [3.8, 4) is 0 Å². The zero-order valence-electron chi connectivity index (χ0n) is 14.3. The zero-order valence-corrected chi connectivity index (χ0v) is 14.3. The first-order chi connectivity index (χ1) is 9.19. The molecule has 0 nitrogen and oxygen atoms in total. The maximum Gasteiger partial charge on any atom is 0.158 e. The molecule has 1 heteroatoms. The summed E-state index contributed by atoms with van der Waals surface area (Å²) in [7, 11) is 1.22. The summed E-state index contributed by atoms with van der Waals surface area (Å²) in [5.41, 5.74) is 5.34. The predicted molar refractivity (Wildman–Crippen MR) is 92.4 cm³/mol. The van der Waals surface area contributed by atoms with E-state index in [1.807, 2.05) is 0 Å². The van der Waals surface area contributed by atoms with Crippen LogP contribution < -0.4 is 5.46 Å². The molecule has 0 saturated heterocycles. The van der Waals surface area contributed by atoms with Crippen LogP contribution in [0.5, 0.6) is 0 Å². The van der Waals surface area contributed by atoms with Gasteiger partial charge in [0.2, 0.25) is 0 Å². The Labute approximate surface area is 126 Å². The minimum Gasteiger partial charge on any atom is -0.0814 e. The highest BCUT2D eigenvalue weighted by Crippen LogP contribution is 2.40. The van der Waals surface area contributed by atoms with Gasteiger partial charge in [0.15, 0.2) is 7.28 Å². The van der Waals surface area contributed by atoms with Crippen molar-refractivity contribution in [3.05, 3.63) is 29.3 Å². The fourth-order valence-corrected chi connectivity index (χ4v) is 2.60.